The van der Waals surface area contributed by atoms with Gasteiger partial charge >= 0.3 is 0 Å². The lowest BCUT2D eigenvalue weighted by Gasteiger charge is -2.30. The molecule has 1 aromatic carbocycles. The highest BCUT2D eigenvalue weighted by Gasteiger charge is 2.26. The SMILES string of the molecule is COc1cc(OC)cc(OCCCN(C)C(=O)[C@H]2CCN[C@@H](C)C2)c1.Cl. The number of nitrogens with zero attached hydrogens (tertiary/aromatic N) is 1. The molecule has 1 aromatic rings. The Morgan fingerprint density at radius 2 is 1.81 bits per heavy atom. The van der Waals surface area contributed by atoms with Crippen LogP contribution in [-0.2, 0) is 4.79 Å². The van der Waals surface area contributed by atoms with E-state index >= 15 is 0 Å². The lowest BCUT2D eigenvalue weighted by molar-refractivity contribution is -0.135. The van der Waals surface area contributed by atoms with Crippen LogP contribution in [0.2, 0.25) is 0 Å². The van der Waals surface area contributed by atoms with Crippen LogP contribution in [0, 0.1) is 5.92 Å². The summed E-state index contributed by atoms with van der Waals surface area (Å²) in [6.45, 7) is 4.29. The van der Waals surface area contributed by atoms with Gasteiger partial charge in [0.15, 0.2) is 0 Å². The number of halogens is 1. The number of carbonyl (C=O) groups is 1. The number of hydrogen-bond acceptors (Lipinski definition) is 5. The number of methoxy groups -OCH3 is 2. The number of carbonyl (C=O) groups excluding carboxylic acids is 1. The molecule has 0 unspecified atom stereocenters. The Hall–Kier alpha value is -1.66. The second kappa shape index (κ2) is 11.1. The van der Waals surface area contributed by atoms with Crippen LogP contribution in [0.15, 0.2) is 18.2 Å². The Morgan fingerprint density at radius 1 is 1.19 bits per heavy atom. The fraction of sp³-hybridized carbons (Fsp3) is 0.632. The third kappa shape index (κ3) is 6.57. The molecular weight excluding hydrogens is 356 g/mol. The van der Waals surface area contributed by atoms with Gasteiger partial charge in [-0.05, 0) is 32.7 Å². The van der Waals surface area contributed by atoms with Crippen molar-refractivity contribution >= 4 is 18.3 Å². The number of nitrogens with one attached hydrogen (secondary N) is 1. The predicted octanol–water partition coefficient (Wildman–Crippen LogP) is 2.74. The van der Waals surface area contributed by atoms with E-state index in [1.54, 1.807) is 20.3 Å². The zero-order valence-corrected chi connectivity index (χ0v) is 16.9. The maximum Gasteiger partial charge on any atom is 0.225 e. The number of rotatable bonds is 8. The Bertz CT molecular complexity index is 548. The quantitative estimate of drug-likeness (QED) is 0.696. The van der Waals surface area contributed by atoms with Gasteiger partial charge in [0.2, 0.25) is 5.91 Å². The maximum atomic E-state index is 12.5. The molecule has 6 nitrogen and oxygen atoms in total. The first-order valence-electron chi connectivity index (χ1n) is 8.87. The molecule has 0 aliphatic carbocycles. The highest BCUT2D eigenvalue weighted by Crippen LogP contribution is 2.27. The summed E-state index contributed by atoms with van der Waals surface area (Å²) in [6.07, 6.45) is 2.62. The van der Waals surface area contributed by atoms with Gasteiger partial charge in [-0.25, -0.2) is 0 Å². The number of amides is 1. The van der Waals surface area contributed by atoms with Gasteiger partial charge in [0.1, 0.15) is 17.2 Å². The highest BCUT2D eigenvalue weighted by molar-refractivity contribution is 5.85. The number of ether oxygens (including phenoxy) is 3. The normalized spacial score (nSPS) is 19.2. The molecule has 0 bridgehead atoms. The molecule has 1 heterocycles. The van der Waals surface area contributed by atoms with Crippen LogP contribution in [0.4, 0.5) is 0 Å². The molecule has 1 fully saturated rings. The molecular formula is C19H31ClN2O4. The van der Waals surface area contributed by atoms with Crippen molar-refractivity contribution in [2.75, 3.05) is 41.0 Å². The predicted molar refractivity (Wildman–Crippen MR) is 105 cm³/mol. The van der Waals surface area contributed by atoms with Crippen molar-refractivity contribution in [3.05, 3.63) is 18.2 Å². The zero-order valence-electron chi connectivity index (χ0n) is 16.1. The molecule has 1 saturated heterocycles. The average Bonchev–Trinajstić information content (AvgIpc) is 2.64. The minimum atomic E-state index is 0. The molecule has 1 N–H and O–H groups in total. The van der Waals surface area contributed by atoms with E-state index in [1.165, 1.54) is 0 Å². The van der Waals surface area contributed by atoms with Crippen molar-refractivity contribution in [3.8, 4) is 17.2 Å². The van der Waals surface area contributed by atoms with E-state index in [9.17, 15) is 4.79 Å². The summed E-state index contributed by atoms with van der Waals surface area (Å²) >= 11 is 0. The average molecular weight is 387 g/mol. The number of piperidine rings is 1. The van der Waals surface area contributed by atoms with Gasteiger partial charge in [0.05, 0.1) is 20.8 Å². The Morgan fingerprint density at radius 3 is 2.38 bits per heavy atom. The molecule has 2 atom stereocenters. The summed E-state index contributed by atoms with van der Waals surface area (Å²) in [7, 11) is 5.10. The number of hydrogen-bond donors (Lipinski definition) is 1. The van der Waals surface area contributed by atoms with Gasteiger partial charge in [-0.2, -0.15) is 0 Å². The molecule has 26 heavy (non-hydrogen) atoms. The Labute approximate surface area is 162 Å². The maximum absolute atomic E-state index is 12.5. The van der Waals surface area contributed by atoms with E-state index in [2.05, 4.69) is 12.2 Å². The minimum absolute atomic E-state index is 0. The van der Waals surface area contributed by atoms with E-state index in [0.717, 1.165) is 25.8 Å². The largest absolute Gasteiger partial charge is 0.496 e. The molecule has 2 rings (SSSR count). The first-order chi connectivity index (χ1) is 12.0. The second-order valence-corrected chi connectivity index (χ2v) is 6.59. The van der Waals surface area contributed by atoms with Gasteiger partial charge < -0.3 is 24.4 Å². The zero-order chi connectivity index (χ0) is 18.2. The van der Waals surface area contributed by atoms with Crippen LogP contribution >= 0.6 is 12.4 Å². The molecule has 0 saturated carbocycles. The minimum Gasteiger partial charge on any atom is -0.496 e. The van der Waals surface area contributed by atoms with Crippen molar-refractivity contribution < 1.29 is 19.0 Å². The van der Waals surface area contributed by atoms with Crippen LogP contribution in [0.25, 0.3) is 0 Å². The van der Waals surface area contributed by atoms with Crippen molar-refractivity contribution in [1.29, 1.82) is 0 Å². The fourth-order valence-electron chi connectivity index (χ4n) is 3.13. The third-order valence-corrected chi connectivity index (χ3v) is 4.58. The van der Waals surface area contributed by atoms with Crippen molar-refractivity contribution in [2.45, 2.75) is 32.2 Å². The number of benzene rings is 1. The van der Waals surface area contributed by atoms with Crippen molar-refractivity contribution in [1.82, 2.24) is 10.2 Å². The summed E-state index contributed by atoms with van der Waals surface area (Å²) in [5.41, 5.74) is 0. The third-order valence-electron chi connectivity index (χ3n) is 4.58. The van der Waals surface area contributed by atoms with Crippen molar-refractivity contribution in [2.24, 2.45) is 5.92 Å². The molecule has 0 spiro atoms. The van der Waals surface area contributed by atoms with E-state index in [1.807, 2.05) is 24.1 Å². The monoisotopic (exact) mass is 386 g/mol. The van der Waals surface area contributed by atoms with Crippen LogP contribution in [0.1, 0.15) is 26.2 Å². The van der Waals surface area contributed by atoms with E-state index in [0.29, 0.717) is 36.4 Å². The molecule has 7 heteroatoms. The molecule has 1 aliphatic heterocycles. The molecule has 0 aromatic heterocycles. The molecule has 1 aliphatic rings. The second-order valence-electron chi connectivity index (χ2n) is 6.59. The van der Waals surface area contributed by atoms with Crippen molar-refractivity contribution in [3.63, 3.8) is 0 Å². The smallest absolute Gasteiger partial charge is 0.225 e. The lowest BCUT2D eigenvalue weighted by atomic mass is 9.92. The highest BCUT2D eigenvalue weighted by atomic mass is 35.5. The van der Waals surface area contributed by atoms with Crippen LogP contribution in [0.5, 0.6) is 17.2 Å². The van der Waals surface area contributed by atoms with Gasteiger partial charge in [0, 0.05) is 43.8 Å². The summed E-state index contributed by atoms with van der Waals surface area (Å²) < 4.78 is 16.2. The standard InChI is InChI=1S/C19H30N2O4.ClH/c1-14-10-15(6-7-20-14)19(22)21(2)8-5-9-25-18-12-16(23-3)11-17(13-18)24-4;/h11-15,20H,5-10H2,1-4H3;1H/t14-,15-;/m0./s1. The van der Waals surface area contributed by atoms with Gasteiger partial charge in [-0.15, -0.1) is 12.4 Å². The summed E-state index contributed by atoms with van der Waals surface area (Å²) in [4.78, 5) is 14.3. The Balaban J connectivity index is 0.00000338. The molecule has 148 valence electrons. The van der Waals surface area contributed by atoms with E-state index in [-0.39, 0.29) is 24.2 Å². The van der Waals surface area contributed by atoms with E-state index in [4.69, 9.17) is 14.2 Å². The summed E-state index contributed by atoms with van der Waals surface area (Å²) in [6, 6.07) is 5.88. The summed E-state index contributed by atoms with van der Waals surface area (Å²) in [5, 5.41) is 3.38. The lowest BCUT2D eigenvalue weighted by Crippen LogP contribution is -2.43. The topological polar surface area (TPSA) is 60.0 Å². The van der Waals surface area contributed by atoms with Gasteiger partial charge in [-0.3, -0.25) is 4.79 Å². The van der Waals surface area contributed by atoms with E-state index < -0.39 is 0 Å². The summed E-state index contributed by atoms with van der Waals surface area (Å²) in [5.74, 6) is 2.49. The van der Waals surface area contributed by atoms with Gasteiger partial charge in [-0.1, -0.05) is 0 Å². The fourth-order valence-corrected chi connectivity index (χ4v) is 3.13. The van der Waals surface area contributed by atoms with Gasteiger partial charge in [0.25, 0.3) is 0 Å². The molecule has 0 radical (unpaired) electrons. The molecule has 1 amide bonds. The Kier molecular flexibility index (Phi) is 9.59. The first-order valence-corrected chi connectivity index (χ1v) is 8.87. The van der Waals surface area contributed by atoms with Crippen LogP contribution < -0.4 is 19.5 Å². The van der Waals surface area contributed by atoms with Crippen LogP contribution in [0.3, 0.4) is 0 Å². The van der Waals surface area contributed by atoms with Crippen LogP contribution in [-0.4, -0.2) is 57.8 Å². The first kappa shape index (κ1) is 22.4.